The number of rotatable bonds is 7. The number of nitrogens with zero attached hydrogens (tertiary/aromatic N) is 2. The van der Waals surface area contributed by atoms with Crippen LogP contribution in [0.1, 0.15) is 26.3 Å². The van der Waals surface area contributed by atoms with Crippen LogP contribution in [0.25, 0.3) is 0 Å². The summed E-state index contributed by atoms with van der Waals surface area (Å²) in [6, 6.07) is 6.96. The van der Waals surface area contributed by atoms with Crippen molar-refractivity contribution < 1.29 is 13.5 Å². The van der Waals surface area contributed by atoms with E-state index in [0.29, 0.717) is 18.0 Å². The first kappa shape index (κ1) is 18.1. The Morgan fingerprint density at radius 2 is 1.86 bits per heavy atom. The highest BCUT2D eigenvalue weighted by molar-refractivity contribution is 7.89. The van der Waals surface area contributed by atoms with E-state index >= 15 is 0 Å². The van der Waals surface area contributed by atoms with Crippen LogP contribution in [0.5, 0.6) is 0 Å². The van der Waals surface area contributed by atoms with Gasteiger partial charge in [0.15, 0.2) is 0 Å². The quantitative estimate of drug-likeness (QED) is 0.829. The SMILES string of the molecule is CCN(Cc1cccc(S(=O)(=O)N(C)C)c1)CC(C)(C)O. The van der Waals surface area contributed by atoms with Gasteiger partial charge in [-0.1, -0.05) is 19.1 Å². The minimum atomic E-state index is -3.41. The fraction of sp³-hybridized carbons (Fsp3) is 0.600. The fourth-order valence-electron chi connectivity index (χ4n) is 2.10. The molecule has 0 aromatic heterocycles. The molecule has 0 saturated heterocycles. The third kappa shape index (κ3) is 5.39. The van der Waals surface area contributed by atoms with Crippen molar-refractivity contribution in [2.45, 2.75) is 37.8 Å². The van der Waals surface area contributed by atoms with Crippen LogP contribution in [0.3, 0.4) is 0 Å². The summed E-state index contributed by atoms with van der Waals surface area (Å²) in [7, 11) is -0.367. The summed E-state index contributed by atoms with van der Waals surface area (Å²) in [5, 5.41) is 9.91. The molecule has 0 spiro atoms. The zero-order chi connectivity index (χ0) is 16.3. The van der Waals surface area contributed by atoms with Crippen LogP contribution in [0.2, 0.25) is 0 Å². The standard InChI is InChI=1S/C15H26N2O3S/c1-6-17(12-15(2,3)18)11-13-8-7-9-14(10-13)21(19,20)16(4)5/h7-10,18H,6,11-12H2,1-5H3. The van der Waals surface area contributed by atoms with Crippen molar-refractivity contribution in [3.05, 3.63) is 29.8 Å². The van der Waals surface area contributed by atoms with E-state index in [2.05, 4.69) is 4.90 Å². The highest BCUT2D eigenvalue weighted by Gasteiger charge is 2.19. The Bertz CT molecular complexity index is 563. The number of aliphatic hydroxyl groups is 1. The van der Waals surface area contributed by atoms with E-state index in [9.17, 15) is 13.5 Å². The lowest BCUT2D eigenvalue weighted by atomic mass is 10.1. The second-order valence-electron chi connectivity index (χ2n) is 6.05. The monoisotopic (exact) mass is 314 g/mol. The first-order valence-electron chi connectivity index (χ1n) is 7.02. The maximum Gasteiger partial charge on any atom is 0.242 e. The van der Waals surface area contributed by atoms with Crippen molar-refractivity contribution in [3.63, 3.8) is 0 Å². The summed E-state index contributed by atoms with van der Waals surface area (Å²) in [5.41, 5.74) is 0.146. The van der Waals surface area contributed by atoms with Crippen molar-refractivity contribution in [2.75, 3.05) is 27.2 Å². The van der Waals surface area contributed by atoms with Crippen molar-refractivity contribution in [2.24, 2.45) is 0 Å². The lowest BCUT2D eigenvalue weighted by Crippen LogP contribution is -2.38. The van der Waals surface area contributed by atoms with E-state index in [1.807, 2.05) is 13.0 Å². The van der Waals surface area contributed by atoms with Crippen molar-refractivity contribution >= 4 is 10.0 Å². The number of hydrogen-bond donors (Lipinski definition) is 1. The van der Waals surface area contributed by atoms with Crippen LogP contribution >= 0.6 is 0 Å². The van der Waals surface area contributed by atoms with Crippen LogP contribution in [-0.4, -0.2) is 55.5 Å². The number of likely N-dealkylation sites (N-methyl/N-ethyl adjacent to an activating group) is 1. The van der Waals surface area contributed by atoms with Gasteiger partial charge in [-0.3, -0.25) is 4.90 Å². The van der Waals surface area contributed by atoms with Gasteiger partial charge in [0.2, 0.25) is 10.0 Å². The van der Waals surface area contributed by atoms with Crippen LogP contribution in [-0.2, 0) is 16.6 Å². The molecule has 0 atom stereocenters. The fourth-order valence-corrected chi connectivity index (χ4v) is 3.07. The van der Waals surface area contributed by atoms with E-state index in [-0.39, 0.29) is 0 Å². The lowest BCUT2D eigenvalue weighted by molar-refractivity contribution is 0.0353. The Morgan fingerprint density at radius 3 is 2.33 bits per heavy atom. The summed E-state index contributed by atoms with van der Waals surface area (Å²) in [6.07, 6.45) is 0. The molecular weight excluding hydrogens is 288 g/mol. The average Bonchev–Trinajstić information content (AvgIpc) is 2.36. The van der Waals surface area contributed by atoms with E-state index in [1.165, 1.54) is 18.4 Å². The molecule has 0 heterocycles. The molecule has 1 aromatic carbocycles. The average molecular weight is 314 g/mol. The molecule has 0 bridgehead atoms. The maximum atomic E-state index is 12.1. The summed E-state index contributed by atoms with van der Waals surface area (Å²) >= 11 is 0. The van der Waals surface area contributed by atoms with Gasteiger partial charge in [-0.2, -0.15) is 0 Å². The summed E-state index contributed by atoms with van der Waals surface area (Å²) < 4.78 is 25.5. The Balaban J connectivity index is 2.96. The van der Waals surface area contributed by atoms with Gasteiger partial charge in [0.1, 0.15) is 0 Å². The first-order valence-corrected chi connectivity index (χ1v) is 8.46. The molecule has 0 amide bonds. The Kier molecular flexibility index (Phi) is 5.92. The van der Waals surface area contributed by atoms with Gasteiger partial charge in [-0.25, -0.2) is 12.7 Å². The normalized spacial score (nSPS) is 13.1. The minimum Gasteiger partial charge on any atom is -0.389 e. The van der Waals surface area contributed by atoms with Crippen molar-refractivity contribution in [3.8, 4) is 0 Å². The molecule has 1 N–H and O–H groups in total. The molecule has 1 rings (SSSR count). The molecule has 0 fully saturated rings. The van der Waals surface area contributed by atoms with E-state index < -0.39 is 15.6 Å². The van der Waals surface area contributed by atoms with Gasteiger partial charge in [-0.15, -0.1) is 0 Å². The van der Waals surface area contributed by atoms with Crippen LogP contribution < -0.4 is 0 Å². The second kappa shape index (κ2) is 6.87. The molecular formula is C15H26N2O3S. The molecule has 1 aromatic rings. The largest absolute Gasteiger partial charge is 0.389 e. The predicted octanol–water partition coefficient (Wildman–Crippen LogP) is 1.53. The van der Waals surface area contributed by atoms with Gasteiger partial charge in [0.25, 0.3) is 0 Å². The summed E-state index contributed by atoms with van der Waals surface area (Å²) in [4.78, 5) is 2.38. The number of hydrogen-bond acceptors (Lipinski definition) is 4. The Labute approximate surface area is 128 Å². The van der Waals surface area contributed by atoms with Crippen LogP contribution in [0, 0.1) is 0 Å². The van der Waals surface area contributed by atoms with E-state index in [1.54, 1.807) is 32.0 Å². The van der Waals surface area contributed by atoms with Gasteiger partial charge in [0.05, 0.1) is 10.5 Å². The molecule has 120 valence electrons. The van der Waals surface area contributed by atoms with Gasteiger partial charge >= 0.3 is 0 Å². The smallest absolute Gasteiger partial charge is 0.242 e. The van der Waals surface area contributed by atoms with E-state index in [0.717, 1.165) is 12.1 Å². The van der Waals surface area contributed by atoms with E-state index in [4.69, 9.17) is 0 Å². The third-order valence-corrected chi connectivity index (χ3v) is 4.95. The zero-order valence-corrected chi connectivity index (χ0v) is 14.3. The minimum absolute atomic E-state index is 0.296. The molecule has 6 heteroatoms. The molecule has 0 aliphatic carbocycles. The highest BCUT2D eigenvalue weighted by Crippen LogP contribution is 2.17. The number of sulfonamides is 1. The third-order valence-electron chi connectivity index (χ3n) is 3.14. The lowest BCUT2D eigenvalue weighted by Gasteiger charge is -2.28. The van der Waals surface area contributed by atoms with Gasteiger partial charge in [0, 0.05) is 27.2 Å². The second-order valence-corrected chi connectivity index (χ2v) is 8.20. The summed E-state index contributed by atoms with van der Waals surface area (Å²) in [6.45, 7) is 7.48. The van der Waals surface area contributed by atoms with Crippen molar-refractivity contribution in [1.82, 2.24) is 9.21 Å². The van der Waals surface area contributed by atoms with Gasteiger partial charge < -0.3 is 5.11 Å². The van der Waals surface area contributed by atoms with Crippen LogP contribution in [0.15, 0.2) is 29.2 Å². The molecule has 0 radical (unpaired) electrons. The molecule has 0 unspecified atom stereocenters. The van der Waals surface area contributed by atoms with Crippen LogP contribution in [0.4, 0.5) is 0 Å². The summed E-state index contributed by atoms with van der Waals surface area (Å²) in [5.74, 6) is 0. The molecule has 21 heavy (non-hydrogen) atoms. The molecule has 5 nitrogen and oxygen atoms in total. The highest BCUT2D eigenvalue weighted by atomic mass is 32.2. The zero-order valence-electron chi connectivity index (χ0n) is 13.5. The molecule has 0 aliphatic rings. The first-order chi connectivity index (χ1) is 9.56. The molecule has 0 saturated carbocycles. The Morgan fingerprint density at radius 1 is 1.24 bits per heavy atom. The number of benzene rings is 1. The van der Waals surface area contributed by atoms with Gasteiger partial charge in [-0.05, 0) is 38.1 Å². The maximum absolute atomic E-state index is 12.1. The van der Waals surface area contributed by atoms with Crippen molar-refractivity contribution in [1.29, 1.82) is 0 Å². The predicted molar refractivity (Wildman–Crippen MR) is 84.6 cm³/mol. The topological polar surface area (TPSA) is 60.9 Å². The molecule has 0 aliphatic heterocycles. The Hall–Kier alpha value is -0.950.